The first kappa shape index (κ1) is 11.6. The highest BCUT2D eigenvalue weighted by atomic mass is 15.2. The summed E-state index contributed by atoms with van der Waals surface area (Å²) in [4.78, 5) is 6.87. The van der Waals surface area contributed by atoms with Gasteiger partial charge in [-0.3, -0.25) is 9.88 Å². The molecule has 0 radical (unpaired) electrons. The van der Waals surface area contributed by atoms with Gasteiger partial charge >= 0.3 is 0 Å². The third-order valence-corrected chi connectivity index (χ3v) is 3.65. The molecule has 94 valence electrons. The molecular weight excluding hydrogens is 222 g/mol. The molecule has 1 N–H and O–H groups in total. The van der Waals surface area contributed by atoms with Crippen molar-refractivity contribution in [3.05, 3.63) is 41.7 Å². The molecule has 1 aliphatic heterocycles. The molecule has 1 aromatic heterocycles. The zero-order valence-corrected chi connectivity index (χ0v) is 10.8. The van der Waals surface area contributed by atoms with Crippen LogP contribution < -0.4 is 5.32 Å². The fraction of sp³-hybridized carbons (Fsp3) is 0.400. The van der Waals surface area contributed by atoms with E-state index >= 15 is 0 Å². The number of aromatic nitrogens is 1. The predicted octanol–water partition coefficient (Wildman–Crippen LogP) is 1.95. The zero-order chi connectivity index (χ0) is 12.4. The van der Waals surface area contributed by atoms with Crippen LogP contribution in [0, 0.1) is 6.92 Å². The summed E-state index contributed by atoms with van der Waals surface area (Å²) in [6.45, 7) is 7.62. The molecule has 1 aromatic carbocycles. The topological polar surface area (TPSA) is 28.2 Å². The van der Waals surface area contributed by atoms with Crippen molar-refractivity contribution in [3.8, 4) is 0 Å². The Bertz CT molecular complexity index is 544. The van der Waals surface area contributed by atoms with Gasteiger partial charge in [-0.15, -0.1) is 0 Å². The molecule has 1 aliphatic rings. The Balaban J connectivity index is 1.86. The Morgan fingerprint density at radius 1 is 1.22 bits per heavy atom. The summed E-state index contributed by atoms with van der Waals surface area (Å²) in [6, 6.07) is 8.82. The van der Waals surface area contributed by atoms with E-state index in [-0.39, 0.29) is 0 Å². The van der Waals surface area contributed by atoms with Crippen LogP contribution in [-0.2, 0) is 6.54 Å². The van der Waals surface area contributed by atoms with Crippen LogP contribution >= 0.6 is 0 Å². The molecule has 1 fully saturated rings. The number of fused-ring (bicyclic) bond motifs is 1. The van der Waals surface area contributed by atoms with E-state index in [4.69, 9.17) is 0 Å². The summed E-state index contributed by atoms with van der Waals surface area (Å²) in [7, 11) is 0. The lowest BCUT2D eigenvalue weighted by Crippen LogP contribution is -2.42. The third-order valence-electron chi connectivity index (χ3n) is 3.65. The number of nitrogens with one attached hydrogen (secondary N) is 1. The van der Waals surface area contributed by atoms with Gasteiger partial charge in [-0.2, -0.15) is 0 Å². The van der Waals surface area contributed by atoms with Crippen LogP contribution in [0.1, 0.15) is 11.3 Å². The average Bonchev–Trinajstić information content (AvgIpc) is 2.41. The molecule has 3 rings (SSSR count). The number of aryl methyl sites for hydroxylation is 1. The van der Waals surface area contributed by atoms with Gasteiger partial charge in [0.15, 0.2) is 0 Å². The molecule has 0 spiro atoms. The van der Waals surface area contributed by atoms with E-state index in [1.165, 1.54) is 16.3 Å². The predicted molar refractivity (Wildman–Crippen MR) is 74.6 cm³/mol. The van der Waals surface area contributed by atoms with Gasteiger partial charge in [0.2, 0.25) is 0 Å². The Morgan fingerprint density at radius 2 is 2.06 bits per heavy atom. The van der Waals surface area contributed by atoms with Crippen molar-refractivity contribution < 1.29 is 0 Å². The molecule has 3 nitrogen and oxygen atoms in total. The van der Waals surface area contributed by atoms with Crippen LogP contribution in [0.4, 0.5) is 0 Å². The molecule has 0 atom stereocenters. The highest BCUT2D eigenvalue weighted by Gasteiger charge is 2.10. The Morgan fingerprint density at radius 3 is 2.89 bits per heavy atom. The second-order valence-electron chi connectivity index (χ2n) is 4.98. The summed E-state index contributed by atoms with van der Waals surface area (Å²) in [5.41, 5.74) is 2.51. The highest BCUT2D eigenvalue weighted by molar-refractivity contribution is 5.84. The minimum absolute atomic E-state index is 1.05. The Labute approximate surface area is 108 Å². The molecule has 3 heteroatoms. The summed E-state index contributed by atoms with van der Waals surface area (Å²) in [6.07, 6.45) is 1.88. The van der Waals surface area contributed by atoms with Gasteiger partial charge in [0.1, 0.15) is 0 Å². The largest absolute Gasteiger partial charge is 0.314 e. The second-order valence-corrected chi connectivity index (χ2v) is 4.98. The minimum atomic E-state index is 1.05. The van der Waals surface area contributed by atoms with E-state index in [1.54, 1.807) is 0 Å². The third kappa shape index (κ3) is 2.37. The highest BCUT2D eigenvalue weighted by Crippen LogP contribution is 2.19. The number of hydrogen-bond donors (Lipinski definition) is 1. The van der Waals surface area contributed by atoms with Crippen molar-refractivity contribution in [2.24, 2.45) is 0 Å². The van der Waals surface area contributed by atoms with E-state index in [0.29, 0.717) is 0 Å². The quantitative estimate of drug-likeness (QED) is 0.871. The van der Waals surface area contributed by atoms with E-state index in [1.807, 2.05) is 6.20 Å². The molecule has 0 saturated carbocycles. The van der Waals surface area contributed by atoms with E-state index in [9.17, 15) is 0 Å². The van der Waals surface area contributed by atoms with Gasteiger partial charge in [-0.1, -0.05) is 12.1 Å². The first-order valence-corrected chi connectivity index (χ1v) is 6.60. The normalized spacial score (nSPS) is 17.2. The maximum absolute atomic E-state index is 4.37. The fourth-order valence-electron chi connectivity index (χ4n) is 2.59. The Hall–Kier alpha value is -1.45. The number of nitrogens with zero attached hydrogens (tertiary/aromatic N) is 2. The van der Waals surface area contributed by atoms with E-state index in [2.05, 4.69) is 46.4 Å². The molecule has 2 heterocycles. The summed E-state index contributed by atoms with van der Waals surface area (Å²) >= 11 is 0. The summed E-state index contributed by atoms with van der Waals surface area (Å²) < 4.78 is 0. The molecule has 0 bridgehead atoms. The van der Waals surface area contributed by atoms with Crippen molar-refractivity contribution in [1.29, 1.82) is 0 Å². The van der Waals surface area contributed by atoms with Gasteiger partial charge in [-0.25, -0.2) is 0 Å². The number of rotatable bonds is 2. The van der Waals surface area contributed by atoms with Crippen LogP contribution in [0.5, 0.6) is 0 Å². The lowest BCUT2D eigenvalue weighted by Gasteiger charge is -2.27. The van der Waals surface area contributed by atoms with Gasteiger partial charge in [0.25, 0.3) is 0 Å². The van der Waals surface area contributed by atoms with Gasteiger partial charge in [-0.05, 0) is 30.0 Å². The second kappa shape index (κ2) is 5.04. The van der Waals surface area contributed by atoms with Crippen LogP contribution in [0.3, 0.4) is 0 Å². The monoisotopic (exact) mass is 241 g/mol. The Kier molecular flexibility index (Phi) is 3.26. The fourth-order valence-corrected chi connectivity index (χ4v) is 2.59. The number of hydrogen-bond acceptors (Lipinski definition) is 3. The van der Waals surface area contributed by atoms with Gasteiger partial charge < -0.3 is 5.32 Å². The van der Waals surface area contributed by atoms with Crippen molar-refractivity contribution in [1.82, 2.24) is 15.2 Å². The first-order valence-electron chi connectivity index (χ1n) is 6.60. The lowest BCUT2D eigenvalue weighted by atomic mass is 10.1. The summed E-state index contributed by atoms with van der Waals surface area (Å²) in [5, 5.41) is 5.95. The van der Waals surface area contributed by atoms with Gasteiger partial charge in [0, 0.05) is 50.0 Å². The van der Waals surface area contributed by atoms with Crippen molar-refractivity contribution >= 4 is 10.8 Å². The minimum Gasteiger partial charge on any atom is -0.314 e. The van der Waals surface area contributed by atoms with Gasteiger partial charge in [0.05, 0.1) is 0 Å². The van der Waals surface area contributed by atoms with Crippen LogP contribution in [0.15, 0.2) is 30.5 Å². The zero-order valence-electron chi connectivity index (χ0n) is 10.8. The maximum Gasteiger partial charge on any atom is 0.0451 e. The maximum atomic E-state index is 4.37. The smallest absolute Gasteiger partial charge is 0.0451 e. The molecular formula is C15H19N3. The SMILES string of the molecule is Cc1nccc2ccc(CN3CCNCC3)cc12. The molecule has 18 heavy (non-hydrogen) atoms. The lowest BCUT2D eigenvalue weighted by molar-refractivity contribution is 0.233. The first-order chi connectivity index (χ1) is 8.83. The summed E-state index contributed by atoms with van der Waals surface area (Å²) in [5.74, 6) is 0. The van der Waals surface area contributed by atoms with E-state index < -0.39 is 0 Å². The van der Waals surface area contributed by atoms with Crippen LogP contribution in [-0.4, -0.2) is 36.1 Å². The van der Waals surface area contributed by atoms with Crippen molar-refractivity contribution in [3.63, 3.8) is 0 Å². The van der Waals surface area contributed by atoms with E-state index in [0.717, 1.165) is 38.4 Å². The van der Waals surface area contributed by atoms with Crippen molar-refractivity contribution in [2.75, 3.05) is 26.2 Å². The standard InChI is InChI=1S/C15H19N3/c1-12-15-10-13(2-3-14(15)4-5-17-12)11-18-8-6-16-7-9-18/h2-5,10,16H,6-9,11H2,1H3. The molecule has 2 aromatic rings. The molecule has 0 aliphatic carbocycles. The number of piperazine rings is 1. The number of benzene rings is 1. The van der Waals surface area contributed by atoms with Crippen LogP contribution in [0.2, 0.25) is 0 Å². The van der Waals surface area contributed by atoms with Crippen molar-refractivity contribution in [2.45, 2.75) is 13.5 Å². The molecule has 1 saturated heterocycles. The average molecular weight is 241 g/mol. The number of pyridine rings is 1. The molecule has 0 amide bonds. The molecule has 0 unspecified atom stereocenters. The van der Waals surface area contributed by atoms with Crippen LogP contribution in [0.25, 0.3) is 10.8 Å².